The average Bonchev–Trinajstić information content (AvgIpc) is 3.28. The van der Waals surface area contributed by atoms with Crippen LogP contribution in [0.25, 0.3) is 76.4 Å². The monoisotopic (exact) mass is 499 g/mol. The van der Waals surface area contributed by atoms with Gasteiger partial charge in [-0.05, 0) is 118 Å². The van der Waals surface area contributed by atoms with E-state index in [0.29, 0.717) is 0 Å². The predicted octanol–water partition coefficient (Wildman–Crippen LogP) is 10.8. The topological polar surface area (TPSA) is 15.8 Å². The summed E-state index contributed by atoms with van der Waals surface area (Å²) >= 11 is 0. The van der Waals surface area contributed by atoms with Crippen molar-refractivity contribution in [1.82, 2.24) is 4.98 Å². The van der Waals surface area contributed by atoms with Crippen LogP contribution < -0.4 is 0 Å². The van der Waals surface area contributed by atoms with Gasteiger partial charge in [0, 0.05) is 21.8 Å². The van der Waals surface area contributed by atoms with Gasteiger partial charge in [0.25, 0.3) is 0 Å². The largest absolute Gasteiger partial charge is 0.355 e. The molecule has 1 heteroatoms. The maximum Gasteiger partial charge on any atom is 0.0465 e. The Kier molecular flexibility index (Phi) is 4.56. The van der Waals surface area contributed by atoms with E-state index in [1.807, 2.05) is 0 Å². The minimum absolute atomic E-state index is 1.18. The molecule has 1 nitrogen and oxygen atoms in total. The summed E-state index contributed by atoms with van der Waals surface area (Å²) in [5, 5.41) is 10.6. The summed E-state index contributed by atoms with van der Waals surface area (Å²) in [6.07, 6.45) is 0. The lowest BCUT2D eigenvalue weighted by atomic mass is 9.81. The van der Waals surface area contributed by atoms with Crippen molar-refractivity contribution in [2.75, 3.05) is 0 Å². The van der Waals surface area contributed by atoms with Crippen molar-refractivity contribution in [3.8, 4) is 22.3 Å². The van der Waals surface area contributed by atoms with Crippen molar-refractivity contribution in [3.63, 3.8) is 0 Å². The summed E-state index contributed by atoms with van der Waals surface area (Å²) in [6, 6.07) is 36.8. The lowest BCUT2D eigenvalue weighted by Gasteiger charge is -2.22. The smallest absolute Gasteiger partial charge is 0.0465 e. The van der Waals surface area contributed by atoms with E-state index in [9.17, 15) is 0 Å². The SMILES string of the molecule is Cc1ccc(-c2c(-c3ccc4[nH]c5ccc(C)cc5c4c3)c3cc(C)cc4ccc5cc(C)cc2c5c43)cc1. The van der Waals surface area contributed by atoms with Crippen LogP contribution in [0.15, 0.2) is 97.1 Å². The van der Waals surface area contributed by atoms with Gasteiger partial charge in [0.1, 0.15) is 0 Å². The Morgan fingerprint density at radius 3 is 1.51 bits per heavy atom. The minimum Gasteiger partial charge on any atom is -0.355 e. The van der Waals surface area contributed by atoms with Crippen molar-refractivity contribution >= 4 is 54.1 Å². The third kappa shape index (κ3) is 3.26. The number of aromatic amines is 1. The van der Waals surface area contributed by atoms with E-state index in [2.05, 4.69) is 130 Å². The van der Waals surface area contributed by atoms with Gasteiger partial charge >= 0.3 is 0 Å². The first-order valence-electron chi connectivity index (χ1n) is 13.8. The molecule has 0 saturated carbocycles. The van der Waals surface area contributed by atoms with Gasteiger partial charge in [-0.1, -0.05) is 83.9 Å². The molecule has 0 aliphatic carbocycles. The Balaban J connectivity index is 1.61. The fraction of sp³-hybridized carbons (Fsp3) is 0.105. The van der Waals surface area contributed by atoms with Gasteiger partial charge in [0.15, 0.2) is 0 Å². The molecule has 0 atom stereocenters. The van der Waals surface area contributed by atoms with Crippen molar-refractivity contribution in [1.29, 1.82) is 0 Å². The number of aryl methyl sites for hydroxylation is 4. The number of benzene rings is 7. The normalized spacial score (nSPS) is 12.1. The maximum atomic E-state index is 3.64. The minimum atomic E-state index is 1.18. The molecule has 0 radical (unpaired) electrons. The Morgan fingerprint density at radius 1 is 0.385 bits per heavy atom. The van der Waals surface area contributed by atoms with Gasteiger partial charge in [0.2, 0.25) is 0 Å². The van der Waals surface area contributed by atoms with E-state index in [0.717, 1.165) is 0 Å². The molecular formula is C38H29N. The zero-order valence-corrected chi connectivity index (χ0v) is 22.7. The quantitative estimate of drug-likeness (QED) is 0.228. The molecule has 8 rings (SSSR count). The van der Waals surface area contributed by atoms with Gasteiger partial charge in [-0.2, -0.15) is 0 Å². The first-order valence-corrected chi connectivity index (χ1v) is 13.8. The van der Waals surface area contributed by atoms with Gasteiger partial charge in [-0.15, -0.1) is 0 Å². The standard InChI is InChI=1S/C38H29N/c1-21-5-8-25(9-6-21)35-31-18-23(3)15-26-10-11-27-16-24(4)19-32(37(27)36(26)31)38(35)28-12-14-34-30(20-28)29-17-22(2)7-13-33(29)39-34/h5-20,39H,1-4H3. The molecule has 0 amide bonds. The molecule has 1 N–H and O–H groups in total. The third-order valence-electron chi connectivity index (χ3n) is 8.49. The number of rotatable bonds is 2. The molecular weight excluding hydrogens is 470 g/mol. The van der Waals surface area contributed by atoms with E-state index in [1.165, 1.54) is 98.6 Å². The molecule has 39 heavy (non-hydrogen) atoms. The molecule has 1 heterocycles. The molecule has 8 aromatic rings. The van der Waals surface area contributed by atoms with Crippen LogP contribution >= 0.6 is 0 Å². The van der Waals surface area contributed by atoms with E-state index in [-0.39, 0.29) is 0 Å². The summed E-state index contributed by atoms with van der Waals surface area (Å²) in [5.41, 5.74) is 12.7. The highest BCUT2D eigenvalue weighted by Gasteiger charge is 2.21. The summed E-state index contributed by atoms with van der Waals surface area (Å²) in [7, 11) is 0. The molecule has 0 aliphatic heterocycles. The maximum absolute atomic E-state index is 3.64. The first kappa shape index (κ1) is 22.4. The number of nitrogens with one attached hydrogen (secondary N) is 1. The zero-order chi connectivity index (χ0) is 26.4. The summed E-state index contributed by atoms with van der Waals surface area (Å²) in [5.74, 6) is 0. The number of hydrogen-bond acceptors (Lipinski definition) is 0. The van der Waals surface area contributed by atoms with E-state index in [1.54, 1.807) is 0 Å². The van der Waals surface area contributed by atoms with Crippen molar-refractivity contribution < 1.29 is 0 Å². The summed E-state index contributed by atoms with van der Waals surface area (Å²) in [4.78, 5) is 3.64. The molecule has 0 bridgehead atoms. The summed E-state index contributed by atoms with van der Waals surface area (Å²) in [6.45, 7) is 8.78. The second-order valence-electron chi connectivity index (χ2n) is 11.4. The van der Waals surface area contributed by atoms with Crippen molar-refractivity contribution in [2.24, 2.45) is 0 Å². The molecule has 7 aromatic carbocycles. The van der Waals surface area contributed by atoms with Crippen LogP contribution in [0.3, 0.4) is 0 Å². The zero-order valence-electron chi connectivity index (χ0n) is 22.7. The molecule has 0 fully saturated rings. The Bertz CT molecular complexity index is 2240. The van der Waals surface area contributed by atoms with Crippen LogP contribution in [0.4, 0.5) is 0 Å². The Hall–Kier alpha value is -4.62. The third-order valence-corrected chi connectivity index (χ3v) is 8.49. The van der Waals surface area contributed by atoms with Crippen LogP contribution in [-0.2, 0) is 0 Å². The fourth-order valence-corrected chi connectivity index (χ4v) is 6.78. The summed E-state index contributed by atoms with van der Waals surface area (Å²) < 4.78 is 0. The van der Waals surface area contributed by atoms with Crippen LogP contribution in [0.1, 0.15) is 22.3 Å². The number of H-pyrrole nitrogens is 1. The highest BCUT2D eigenvalue weighted by molar-refractivity contribution is 6.31. The lowest BCUT2D eigenvalue weighted by molar-refractivity contribution is 1.47. The van der Waals surface area contributed by atoms with Crippen LogP contribution in [0.5, 0.6) is 0 Å². The van der Waals surface area contributed by atoms with E-state index < -0.39 is 0 Å². The highest BCUT2D eigenvalue weighted by Crippen LogP contribution is 2.48. The van der Waals surface area contributed by atoms with Gasteiger partial charge in [0.05, 0.1) is 0 Å². The predicted molar refractivity (Wildman–Crippen MR) is 169 cm³/mol. The first-order chi connectivity index (χ1) is 18.9. The van der Waals surface area contributed by atoms with Crippen LogP contribution in [-0.4, -0.2) is 4.98 Å². The number of hydrogen-bond donors (Lipinski definition) is 1. The highest BCUT2D eigenvalue weighted by atomic mass is 14.7. The number of fused-ring (bicyclic) bond motifs is 3. The van der Waals surface area contributed by atoms with Gasteiger partial charge in [-0.25, -0.2) is 0 Å². The molecule has 0 saturated heterocycles. The fourth-order valence-electron chi connectivity index (χ4n) is 6.78. The van der Waals surface area contributed by atoms with Crippen LogP contribution in [0, 0.1) is 27.7 Å². The van der Waals surface area contributed by atoms with E-state index in [4.69, 9.17) is 0 Å². The van der Waals surface area contributed by atoms with E-state index >= 15 is 0 Å². The molecule has 0 unspecified atom stereocenters. The molecule has 186 valence electrons. The van der Waals surface area contributed by atoms with Gasteiger partial charge in [-0.3, -0.25) is 0 Å². The Morgan fingerprint density at radius 2 is 0.872 bits per heavy atom. The lowest BCUT2D eigenvalue weighted by Crippen LogP contribution is -1.95. The van der Waals surface area contributed by atoms with Crippen molar-refractivity contribution in [3.05, 3.63) is 119 Å². The van der Waals surface area contributed by atoms with Crippen LogP contribution in [0.2, 0.25) is 0 Å². The van der Waals surface area contributed by atoms with Crippen molar-refractivity contribution in [2.45, 2.75) is 27.7 Å². The second-order valence-corrected chi connectivity index (χ2v) is 11.4. The average molecular weight is 500 g/mol. The number of aromatic nitrogens is 1. The second kappa shape index (κ2) is 7.94. The molecule has 1 aromatic heterocycles. The molecule has 0 spiro atoms. The van der Waals surface area contributed by atoms with Gasteiger partial charge < -0.3 is 4.98 Å². The molecule has 0 aliphatic rings. The Labute approximate surface area is 228 Å².